The summed E-state index contributed by atoms with van der Waals surface area (Å²) < 4.78 is 32.3. The van der Waals surface area contributed by atoms with Crippen LogP contribution in [0.1, 0.15) is 11.8 Å². The second-order valence-corrected chi connectivity index (χ2v) is 7.57. The van der Waals surface area contributed by atoms with E-state index in [1.807, 2.05) is 17.5 Å². The smallest absolute Gasteiger partial charge is 0.240 e. The van der Waals surface area contributed by atoms with E-state index in [0.717, 1.165) is 4.88 Å². The second kappa shape index (κ2) is 7.58. The third-order valence-electron chi connectivity index (χ3n) is 3.04. The first kappa shape index (κ1) is 17.5. The van der Waals surface area contributed by atoms with Gasteiger partial charge in [-0.1, -0.05) is 6.07 Å². The van der Waals surface area contributed by atoms with E-state index in [-0.39, 0.29) is 10.8 Å². The van der Waals surface area contributed by atoms with Gasteiger partial charge in [0.2, 0.25) is 15.9 Å². The largest absolute Gasteiger partial charge is 0.495 e. The van der Waals surface area contributed by atoms with Crippen LogP contribution in [0.2, 0.25) is 0 Å². The Balaban J connectivity index is 2.10. The summed E-state index contributed by atoms with van der Waals surface area (Å²) in [5, 5.41) is 4.54. The monoisotopic (exact) mass is 354 g/mol. The number of rotatable bonds is 7. The first-order valence-corrected chi connectivity index (χ1v) is 9.26. The van der Waals surface area contributed by atoms with Crippen LogP contribution in [-0.4, -0.2) is 28.0 Å². The van der Waals surface area contributed by atoms with Gasteiger partial charge in [-0.05, 0) is 30.0 Å². The van der Waals surface area contributed by atoms with Crippen LogP contribution < -0.4 is 14.8 Å². The molecule has 0 aliphatic rings. The average molecular weight is 354 g/mol. The highest BCUT2D eigenvalue weighted by Gasteiger charge is 2.16. The quantitative estimate of drug-likeness (QED) is 0.799. The Morgan fingerprint density at radius 3 is 2.70 bits per heavy atom. The molecule has 2 N–H and O–H groups in total. The molecule has 1 amide bonds. The minimum Gasteiger partial charge on any atom is -0.495 e. The maximum Gasteiger partial charge on any atom is 0.240 e. The molecule has 23 heavy (non-hydrogen) atoms. The highest BCUT2D eigenvalue weighted by molar-refractivity contribution is 7.89. The molecule has 0 saturated carbocycles. The first-order chi connectivity index (χ1) is 10.9. The van der Waals surface area contributed by atoms with Gasteiger partial charge in [0.1, 0.15) is 5.75 Å². The second-order valence-electron chi connectivity index (χ2n) is 4.77. The van der Waals surface area contributed by atoms with E-state index < -0.39 is 10.0 Å². The number of benzene rings is 1. The van der Waals surface area contributed by atoms with Crippen LogP contribution in [-0.2, 0) is 21.2 Å². The summed E-state index contributed by atoms with van der Waals surface area (Å²) in [6.07, 6.45) is 0.637. The van der Waals surface area contributed by atoms with Gasteiger partial charge in [-0.25, -0.2) is 13.1 Å². The molecule has 6 nitrogen and oxygen atoms in total. The third kappa shape index (κ3) is 4.78. The number of carbonyl (C=O) groups excluding carboxylic acids is 1. The molecule has 0 fully saturated rings. The minimum absolute atomic E-state index is 0.0923. The van der Waals surface area contributed by atoms with E-state index in [2.05, 4.69) is 10.0 Å². The summed E-state index contributed by atoms with van der Waals surface area (Å²) in [4.78, 5) is 12.3. The molecule has 2 rings (SSSR count). The van der Waals surface area contributed by atoms with Crippen LogP contribution in [0.5, 0.6) is 5.75 Å². The van der Waals surface area contributed by atoms with E-state index in [0.29, 0.717) is 24.4 Å². The normalized spacial score (nSPS) is 11.2. The average Bonchev–Trinajstić information content (AvgIpc) is 3.00. The Bertz CT molecular complexity index is 771. The Kier molecular flexibility index (Phi) is 5.75. The van der Waals surface area contributed by atoms with E-state index in [4.69, 9.17) is 4.74 Å². The van der Waals surface area contributed by atoms with Crippen molar-refractivity contribution in [3.8, 4) is 5.75 Å². The Morgan fingerprint density at radius 2 is 2.09 bits per heavy atom. The number of anilines is 1. The molecule has 8 heteroatoms. The van der Waals surface area contributed by atoms with Gasteiger partial charge in [0.05, 0.1) is 17.7 Å². The van der Waals surface area contributed by atoms with Crippen molar-refractivity contribution in [2.45, 2.75) is 18.2 Å². The van der Waals surface area contributed by atoms with Crippen LogP contribution in [0.4, 0.5) is 5.69 Å². The van der Waals surface area contributed by atoms with Gasteiger partial charge in [-0.2, -0.15) is 0 Å². The number of amides is 1. The van der Waals surface area contributed by atoms with Crippen LogP contribution >= 0.6 is 11.3 Å². The third-order valence-corrected chi connectivity index (χ3v) is 5.43. The summed E-state index contributed by atoms with van der Waals surface area (Å²) in [6, 6.07) is 8.22. The van der Waals surface area contributed by atoms with Gasteiger partial charge >= 0.3 is 0 Å². The molecule has 0 saturated heterocycles. The highest BCUT2D eigenvalue weighted by Crippen LogP contribution is 2.27. The van der Waals surface area contributed by atoms with E-state index in [1.54, 1.807) is 11.3 Å². The Morgan fingerprint density at radius 1 is 1.30 bits per heavy atom. The Hall–Kier alpha value is -1.90. The molecule has 0 bridgehead atoms. The fraction of sp³-hybridized carbons (Fsp3) is 0.267. The zero-order valence-electron chi connectivity index (χ0n) is 12.8. The van der Waals surface area contributed by atoms with Crippen molar-refractivity contribution in [1.29, 1.82) is 0 Å². The summed E-state index contributed by atoms with van der Waals surface area (Å²) in [5.41, 5.74) is 0.428. The van der Waals surface area contributed by atoms with Crippen molar-refractivity contribution in [2.75, 3.05) is 19.0 Å². The molecular formula is C15H18N2O4S2. The van der Waals surface area contributed by atoms with Gasteiger partial charge in [-0.15, -0.1) is 11.3 Å². The molecule has 0 atom stereocenters. The number of ether oxygens (including phenoxy) is 1. The molecule has 1 aromatic heterocycles. The van der Waals surface area contributed by atoms with Crippen molar-refractivity contribution in [1.82, 2.24) is 4.72 Å². The van der Waals surface area contributed by atoms with Crippen LogP contribution in [0.15, 0.2) is 40.6 Å². The molecular weight excluding hydrogens is 336 g/mol. The number of sulfonamides is 1. The van der Waals surface area contributed by atoms with Gasteiger partial charge in [0.25, 0.3) is 0 Å². The molecule has 0 unspecified atom stereocenters. The molecule has 0 spiro atoms. The standard InChI is InChI=1S/C15H18N2O4S2/c1-11(18)17-14-6-5-13(10-15(14)21-2)23(19,20)16-8-7-12-4-3-9-22-12/h3-6,9-10,16H,7-8H2,1-2H3,(H,17,18). The van der Waals surface area contributed by atoms with Crippen molar-refractivity contribution in [2.24, 2.45) is 0 Å². The predicted octanol–water partition coefficient (Wildman–Crippen LogP) is 2.24. The van der Waals surface area contributed by atoms with Gasteiger partial charge in [0, 0.05) is 24.4 Å². The lowest BCUT2D eigenvalue weighted by molar-refractivity contribution is -0.114. The molecule has 1 aromatic carbocycles. The van der Waals surface area contributed by atoms with Gasteiger partial charge in [-0.3, -0.25) is 4.79 Å². The van der Waals surface area contributed by atoms with E-state index in [1.165, 1.54) is 32.2 Å². The number of carbonyl (C=O) groups is 1. The van der Waals surface area contributed by atoms with E-state index >= 15 is 0 Å². The van der Waals surface area contributed by atoms with E-state index in [9.17, 15) is 13.2 Å². The van der Waals surface area contributed by atoms with Crippen molar-refractivity contribution >= 4 is 33.0 Å². The van der Waals surface area contributed by atoms with Gasteiger partial charge < -0.3 is 10.1 Å². The fourth-order valence-electron chi connectivity index (χ4n) is 1.98. The fourth-order valence-corrected chi connectivity index (χ4v) is 3.73. The number of thiophene rings is 1. The summed E-state index contributed by atoms with van der Waals surface area (Å²) in [7, 11) is -2.21. The maximum absolute atomic E-state index is 12.3. The first-order valence-electron chi connectivity index (χ1n) is 6.90. The summed E-state index contributed by atoms with van der Waals surface area (Å²) in [5.74, 6) is 0.0364. The van der Waals surface area contributed by atoms with Gasteiger partial charge in [0.15, 0.2) is 0 Å². The zero-order valence-corrected chi connectivity index (χ0v) is 14.5. The molecule has 2 aromatic rings. The molecule has 1 heterocycles. The number of hydrogen-bond acceptors (Lipinski definition) is 5. The van der Waals surface area contributed by atoms with Crippen LogP contribution in [0.3, 0.4) is 0 Å². The molecule has 0 radical (unpaired) electrons. The number of methoxy groups -OCH3 is 1. The van der Waals surface area contributed by atoms with Crippen molar-refractivity contribution in [3.05, 3.63) is 40.6 Å². The number of nitrogens with one attached hydrogen (secondary N) is 2. The predicted molar refractivity (Wildman–Crippen MR) is 90.5 cm³/mol. The topological polar surface area (TPSA) is 84.5 Å². The van der Waals surface area contributed by atoms with Crippen molar-refractivity contribution in [3.63, 3.8) is 0 Å². The van der Waals surface area contributed by atoms with Crippen LogP contribution in [0, 0.1) is 0 Å². The maximum atomic E-state index is 12.3. The number of hydrogen-bond donors (Lipinski definition) is 2. The minimum atomic E-state index is -3.63. The lowest BCUT2D eigenvalue weighted by Gasteiger charge is -2.12. The zero-order chi connectivity index (χ0) is 16.9. The molecule has 0 aliphatic carbocycles. The molecule has 124 valence electrons. The molecule has 0 aliphatic heterocycles. The lowest BCUT2D eigenvalue weighted by atomic mass is 10.3. The van der Waals surface area contributed by atoms with Crippen molar-refractivity contribution < 1.29 is 17.9 Å². The summed E-state index contributed by atoms with van der Waals surface area (Å²) in [6.45, 7) is 1.69. The lowest BCUT2D eigenvalue weighted by Crippen LogP contribution is -2.26. The summed E-state index contributed by atoms with van der Waals surface area (Å²) >= 11 is 1.59. The van der Waals surface area contributed by atoms with Crippen LogP contribution in [0.25, 0.3) is 0 Å². The highest BCUT2D eigenvalue weighted by atomic mass is 32.2. The Labute approximate surface area is 139 Å². The SMILES string of the molecule is COc1cc(S(=O)(=O)NCCc2cccs2)ccc1NC(C)=O.